The quantitative estimate of drug-likeness (QED) is 0.226. The highest BCUT2D eigenvalue weighted by Gasteiger charge is 2.23. The van der Waals surface area contributed by atoms with Crippen molar-refractivity contribution in [3.8, 4) is 11.5 Å². The number of rotatable bonds is 11. The molecule has 1 aromatic heterocycles. The summed E-state index contributed by atoms with van der Waals surface area (Å²) >= 11 is 12.3. The largest absolute Gasteiger partial charge is 0.491 e. The Hall–Kier alpha value is -2.29. The first-order valence-electron chi connectivity index (χ1n) is 12.5. The zero-order valence-corrected chi connectivity index (χ0v) is 23.2. The van der Waals surface area contributed by atoms with Crippen LogP contribution in [0.15, 0.2) is 18.2 Å². The van der Waals surface area contributed by atoms with Crippen LogP contribution in [0.4, 0.5) is 5.82 Å². The molecule has 0 bridgehead atoms. The fourth-order valence-corrected chi connectivity index (χ4v) is 4.60. The number of nitrogens with zero attached hydrogens (tertiary/aromatic N) is 3. The van der Waals surface area contributed by atoms with Crippen LogP contribution in [0.3, 0.4) is 0 Å². The Morgan fingerprint density at radius 2 is 1.67 bits per heavy atom. The van der Waals surface area contributed by atoms with E-state index in [9.17, 15) is 4.79 Å². The average molecular weight is 540 g/mol. The van der Waals surface area contributed by atoms with Crippen LogP contribution in [-0.2, 0) is 22.5 Å². The van der Waals surface area contributed by atoms with Crippen molar-refractivity contribution in [1.29, 1.82) is 0 Å². The molecule has 3 rings (SSSR count). The topological polar surface area (TPSA) is 85.8 Å². The van der Waals surface area contributed by atoms with Crippen LogP contribution >= 0.6 is 23.2 Å². The van der Waals surface area contributed by atoms with Crippen molar-refractivity contribution in [3.63, 3.8) is 0 Å². The molecule has 1 aromatic carbocycles. The molecular formula is C26H36Cl2N4O4. The molecule has 10 heteroatoms. The molecule has 1 fully saturated rings. The Morgan fingerprint density at radius 1 is 1.06 bits per heavy atom. The van der Waals surface area contributed by atoms with Gasteiger partial charge in [-0.05, 0) is 76.8 Å². The molecule has 1 aliphatic rings. The molecule has 1 N–H and O–H groups in total. The van der Waals surface area contributed by atoms with Gasteiger partial charge in [0.15, 0.2) is 0 Å². The van der Waals surface area contributed by atoms with Crippen molar-refractivity contribution < 1.29 is 19.0 Å². The molecule has 8 nitrogen and oxygen atoms in total. The molecule has 0 saturated carbocycles. The third kappa shape index (κ3) is 8.68. The van der Waals surface area contributed by atoms with Gasteiger partial charge in [0, 0.05) is 37.3 Å². The van der Waals surface area contributed by atoms with Gasteiger partial charge < -0.3 is 19.5 Å². The van der Waals surface area contributed by atoms with E-state index in [2.05, 4.69) is 32.3 Å². The minimum absolute atomic E-state index is 0.0133. The average Bonchev–Trinajstić information content (AvgIpc) is 2.76. The van der Waals surface area contributed by atoms with Crippen molar-refractivity contribution in [2.75, 3.05) is 25.0 Å². The van der Waals surface area contributed by atoms with Gasteiger partial charge in [-0.1, -0.05) is 11.6 Å². The van der Waals surface area contributed by atoms with Crippen LogP contribution in [0.5, 0.6) is 11.5 Å². The SMILES string of the molecule is CCOC(=O)Cc1c(Cl)nc(Cl)nc1NC1CCN(Cc2cc(OC(C)C)cc(OC(C)C)c2)CC1. The highest BCUT2D eigenvalue weighted by Crippen LogP contribution is 2.28. The monoisotopic (exact) mass is 538 g/mol. The van der Waals surface area contributed by atoms with Crippen molar-refractivity contribution in [2.45, 2.75) is 78.7 Å². The zero-order valence-electron chi connectivity index (χ0n) is 21.6. The van der Waals surface area contributed by atoms with E-state index in [1.807, 2.05) is 33.8 Å². The number of nitrogens with one attached hydrogen (secondary N) is 1. The Morgan fingerprint density at radius 3 is 2.22 bits per heavy atom. The van der Waals surface area contributed by atoms with Gasteiger partial charge in [0.25, 0.3) is 0 Å². The van der Waals surface area contributed by atoms with E-state index < -0.39 is 0 Å². The minimum atomic E-state index is -0.382. The number of ether oxygens (including phenoxy) is 3. The minimum Gasteiger partial charge on any atom is -0.491 e. The summed E-state index contributed by atoms with van der Waals surface area (Å²) in [7, 11) is 0. The van der Waals surface area contributed by atoms with Crippen molar-refractivity contribution in [3.05, 3.63) is 39.8 Å². The van der Waals surface area contributed by atoms with Gasteiger partial charge in [-0.2, -0.15) is 0 Å². The lowest BCUT2D eigenvalue weighted by molar-refractivity contribution is -0.142. The van der Waals surface area contributed by atoms with E-state index in [1.165, 1.54) is 0 Å². The van der Waals surface area contributed by atoms with Gasteiger partial charge >= 0.3 is 5.97 Å². The molecule has 0 aliphatic carbocycles. The van der Waals surface area contributed by atoms with Gasteiger partial charge in [0.2, 0.25) is 5.28 Å². The molecule has 1 aliphatic heterocycles. The van der Waals surface area contributed by atoms with Crippen LogP contribution < -0.4 is 14.8 Å². The van der Waals surface area contributed by atoms with Crippen molar-refractivity contribution in [2.24, 2.45) is 0 Å². The van der Waals surface area contributed by atoms with E-state index in [-0.39, 0.29) is 41.1 Å². The number of hydrogen-bond acceptors (Lipinski definition) is 8. The second-order valence-electron chi connectivity index (χ2n) is 9.43. The first kappa shape index (κ1) is 28.3. The molecule has 36 heavy (non-hydrogen) atoms. The predicted molar refractivity (Wildman–Crippen MR) is 142 cm³/mol. The summed E-state index contributed by atoms with van der Waals surface area (Å²) in [6.45, 7) is 12.7. The van der Waals surface area contributed by atoms with Crippen LogP contribution in [0, 0.1) is 0 Å². The maximum atomic E-state index is 12.1. The number of carbonyl (C=O) groups is 1. The Bertz CT molecular complexity index is 999. The lowest BCUT2D eigenvalue weighted by Crippen LogP contribution is -2.39. The number of likely N-dealkylation sites (tertiary alicyclic amines) is 1. The summed E-state index contributed by atoms with van der Waals surface area (Å²) in [5.41, 5.74) is 1.66. The summed E-state index contributed by atoms with van der Waals surface area (Å²) in [6.07, 6.45) is 1.96. The van der Waals surface area contributed by atoms with Gasteiger partial charge in [0.1, 0.15) is 22.5 Å². The number of anilines is 1. The standard InChI is InChI=1S/C26H36Cl2N4O4/c1-6-34-23(33)14-22-24(27)30-26(28)31-25(22)29-19-7-9-32(10-8-19)15-18-11-20(35-16(2)3)13-21(12-18)36-17(4)5/h11-13,16-17,19H,6-10,14-15H2,1-5H3,(H,29,30,31). The number of benzene rings is 1. The lowest BCUT2D eigenvalue weighted by atomic mass is 10.0. The third-order valence-corrected chi connectivity index (χ3v) is 6.06. The second-order valence-corrected chi connectivity index (χ2v) is 10.1. The molecule has 198 valence electrons. The fourth-order valence-electron chi connectivity index (χ4n) is 4.15. The van der Waals surface area contributed by atoms with Gasteiger partial charge in [-0.25, -0.2) is 9.97 Å². The molecule has 0 unspecified atom stereocenters. The molecule has 0 amide bonds. The van der Waals surface area contributed by atoms with Crippen LogP contribution in [0.25, 0.3) is 0 Å². The smallest absolute Gasteiger partial charge is 0.310 e. The zero-order chi connectivity index (χ0) is 26.2. The van der Waals surface area contributed by atoms with Crippen LogP contribution in [-0.4, -0.2) is 58.8 Å². The Balaban J connectivity index is 1.64. The van der Waals surface area contributed by atoms with Gasteiger partial charge in [0.05, 0.1) is 25.2 Å². The van der Waals surface area contributed by atoms with E-state index in [0.29, 0.717) is 18.0 Å². The number of piperidine rings is 1. The predicted octanol–water partition coefficient (Wildman–Crippen LogP) is 5.54. The summed E-state index contributed by atoms with van der Waals surface area (Å²) in [6, 6.07) is 6.29. The number of esters is 1. The summed E-state index contributed by atoms with van der Waals surface area (Å²) in [5, 5.41) is 3.63. The summed E-state index contributed by atoms with van der Waals surface area (Å²) in [5.74, 6) is 1.75. The maximum absolute atomic E-state index is 12.1. The van der Waals surface area contributed by atoms with E-state index in [0.717, 1.165) is 49.5 Å². The fraction of sp³-hybridized carbons (Fsp3) is 0.577. The van der Waals surface area contributed by atoms with Gasteiger partial charge in [-0.3, -0.25) is 9.69 Å². The van der Waals surface area contributed by atoms with E-state index in [4.69, 9.17) is 37.4 Å². The number of carbonyl (C=O) groups excluding carboxylic acids is 1. The number of halogens is 2. The van der Waals surface area contributed by atoms with E-state index >= 15 is 0 Å². The first-order valence-corrected chi connectivity index (χ1v) is 13.2. The number of hydrogen-bond donors (Lipinski definition) is 1. The molecule has 1 saturated heterocycles. The van der Waals surface area contributed by atoms with Crippen molar-refractivity contribution in [1.82, 2.24) is 14.9 Å². The number of aromatic nitrogens is 2. The highest BCUT2D eigenvalue weighted by atomic mass is 35.5. The van der Waals surface area contributed by atoms with E-state index in [1.54, 1.807) is 6.92 Å². The maximum Gasteiger partial charge on any atom is 0.310 e. The summed E-state index contributed by atoms with van der Waals surface area (Å²) in [4.78, 5) is 22.8. The Labute approximate surface area is 223 Å². The molecule has 0 atom stereocenters. The second kappa shape index (κ2) is 13.3. The Kier molecular flexibility index (Phi) is 10.5. The highest BCUT2D eigenvalue weighted by molar-refractivity contribution is 6.32. The third-order valence-electron chi connectivity index (χ3n) is 5.57. The molecule has 2 heterocycles. The first-order chi connectivity index (χ1) is 17.1. The molecule has 2 aromatic rings. The molecule has 0 radical (unpaired) electrons. The summed E-state index contributed by atoms with van der Waals surface area (Å²) < 4.78 is 17.0. The normalized spacial score (nSPS) is 14.8. The van der Waals surface area contributed by atoms with Crippen molar-refractivity contribution >= 4 is 35.0 Å². The van der Waals surface area contributed by atoms with Gasteiger partial charge in [-0.15, -0.1) is 0 Å². The molecular weight excluding hydrogens is 503 g/mol. The lowest BCUT2D eigenvalue weighted by Gasteiger charge is -2.33. The van der Waals surface area contributed by atoms with Crippen LogP contribution in [0.2, 0.25) is 10.4 Å². The van der Waals surface area contributed by atoms with Crippen LogP contribution in [0.1, 0.15) is 58.6 Å². The molecule has 0 spiro atoms.